The predicted molar refractivity (Wildman–Crippen MR) is 79.5 cm³/mol. The molecule has 0 saturated heterocycles. The Morgan fingerprint density at radius 2 is 2.11 bits per heavy atom. The standard InChI is InChI=1S/C12H11IN2O2S/c13-9-3-1-2-4-10(9)17-7-8-5-6-11(18-8)12(16)15-14/h1-6H,7,14H2,(H,15,16). The van der Waals surface area contributed by atoms with E-state index in [2.05, 4.69) is 28.0 Å². The van der Waals surface area contributed by atoms with Gasteiger partial charge in [-0.1, -0.05) is 12.1 Å². The van der Waals surface area contributed by atoms with Gasteiger partial charge >= 0.3 is 0 Å². The Morgan fingerprint density at radius 3 is 2.83 bits per heavy atom. The first kappa shape index (κ1) is 13.3. The number of carbonyl (C=O) groups is 1. The number of hydrogen-bond acceptors (Lipinski definition) is 4. The minimum Gasteiger partial charge on any atom is -0.487 e. The molecule has 2 aromatic rings. The Labute approximate surface area is 122 Å². The number of hydrogen-bond donors (Lipinski definition) is 2. The number of carbonyl (C=O) groups excluding carboxylic acids is 1. The van der Waals surface area contributed by atoms with Gasteiger partial charge in [-0.2, -0.15) is 0 Å². The largest absolute Gasteiger partial charge is 0.487 e. The number of nitrogens with one attached hydrogen (secondary N) is 1. The summed E-state index contributed by atoms with van der Waals surface area (Å²) in [6.07, 6.45) is 0. The van der Waals surface area contributed by atoms with Crippen LogP contribution in [0.2, 0.25) is 0 Å². The summed E-state index contributed by atoms with van der Waals surface area (Å²) in [6.45, 7) is 0.447. The van der Waals surface area contributed by atoms with E-state index in [0.717, 1.165) is 14.2 Å². The molecule has 1 aromatic heterocycles. The first-order valence-electron chi connectivity index (χ1n) is 5.17. The van der Waals surface area contributed by atoms with Gasteiger partial charge in [0.2, 0.25) is 0 Å². The fourth-order valence-corrected chi connectivity index (χ4v) is 2.73. The molecule has 0 spiro atoms. The van der Waals surface area contributed by atoms with Crippen LogP contribution in [0, 0.1) is 3.57 Å². The third-order valence-electron chi connectivity index (χ3n) is 2.22. The lowest BCUT2D eigenvalue weighted by molar-refractivity contribution is 0.0957. The summed E-state index contributed by atoms with van der Waals surface area (Å²) >= 11 is 3.59. The van der Waals surface area contributed by atoms with Crippen LogP contribution in [0.1, 0.15) is 14.5 Å². The molecule has 6 heteroatoms. The van der Waals surface area contributed by atoms with E-state index in [9.17, 15) is 4.79 Å². The predicted octanol–water partition coefficient (Wildman–Crippen LogP) is 2.54. The summed E-state index contributed by atoms with van der Waals surface area (Å²) in [5.74, 6) is 5.64. The van der Waals surface area contributed by atoms with Gasteiger partial charge in [0.15, 0.2) is 0 Å². The molecular formula is C12H11IN2O2S. The third-order valence-corrected chi connectivity index (χ3v) is 4.17. The monoisotopic (exact) mass is 374 g/mol. The lowest BCUT2D eigenvalue weighted by Crippen LogP contribution is -2.29. The van der Waals surface area contributed by atoms with E-state index >= 15 is 0 Å². The van der Waals surface area contributed by atoms with Crippen LogP contribution in [-0.4, -0.2) is 5.91 Å². The van der Waals surface area contributed by atoms with Crippen molar-refractivity contribution < 1.29 is 9.53 Å². The number of amides is 1. The second-order valence-corrected chi connectivity index (χ2v) is 5.79. The molecule has 2 rings (SSSR count). The lowest BCUT2D eigenvalue weighted by atomic mass is 10.3. The second-order valence-electron chi connectivity index (χ2n) is 3.46. The van der Waals surface area contributed by atoms with Crippen molar-refractivity contribution in [2.75, 3.05) is 0 Å². The van der Waals surface area contributed by atoms with Gasteiger partial charge in [-0.25, -0.2) is 5.84 Å². The van der Waals surface area contributed by atoms with Crippen molar-refractivity contribution in [3.05, 3.63) is 49.7 Å². The van der Waals surface area contributed by atoms with Crippen LogP contribution in [0.5, 0.6) is 5.75 Å². The summed E-state index contributed by atoms with van der Waals surface area (Å²) in [7, 11) is 0. The fraction of sp³-hybridized carbons (Fsp3) is 0.0833. The molecule has 0 aliphatic carbocycles. The number of thiophene rings is 1. The van der Waals surface area contributed by atoms with E-state index < -0.39 is 0 Å². The molecule has 0 radical (unpaired) electrons. The molecule has 18 heavy (non-hydrogen) atoms. The van der Waals surface area contributed by atoms with E-state index in [0.29, 0.717) is 11.5 Å². The smallest absolute Gasteiger partial charge is 0.275 e. The number of benzene rings is 1. The molecule has 0 aliphatic heterocycles. The van der Waals surface area contributed by atoms with Crippen molar-refractivity contribution >= 4 is 39.8 Å². The highest BCUT2D eigenvalue weighted by atomic mass is 127. The highest BCUT2D eigenvalue weighted by Gasteiger charge is 2.08. The van der Waals surface area contributed by atoms with Crippen LogP contribution in [0.25, 0.3) is 0 Å². The highest BCUT2D eigenvalue weighted by molar-refractivity contribution is 14.1. The molecular weight excluding hydrogens is 363 g/mol. The van der Waals surface area contributed by atoms with Gasteiger partial charge in [0, 0.05) is 4.88 Å². The molecule has 94 valence electrons. The number of nitrogen functional groups attached to an aromatic ring is 1. The highest BCUT2D eigenvalue weighted by Crippen LogP contribution is 2.23. The zero-order chi connectivity index (χ0) is 13.0. The maximum absolute atomic E-state index is 11.3. The number of nitrogens with two attached hydrogens (primary N) is 1. The van der Waals surface area contributed by atoms with Crippen molar-refractivity contribution in [3.63, 3.8) is 0 Å². The SMILES string of the molecule is NNC(=O)c1ccc(COc2ccccc2I)s1. The first-order chi connectivity index (χ1) is 8.70. The molecule has 4 nitrogen and oxygen atoms in total. The average Bonchev–Trinajstić information content (AvgIpc) is 2.86. The number of halogens is 1. The summed E-state index contributed by atoms with van der Waals surface area (Å²) < 4.78 is 6.75. The molecule has 0 fully saturated rings. The first-order valence-corrected chi connectivity index (χ1v) is 7.07. The van der Waals surface area contributed by atoms with E-state index in [-0.39, 0.29) is 5.91 Å². The molecule has 3 N–H and O–H groups in total. The van der Waals surface area contributed by atoms with Crippen LogP contribution in [0.3, 0.4) is 0 Å². The van der Waals surface area contributed by atoms with Gasteiger partial charge in [-0.15, -0.1) is 11.3 Å². The van der Waals surface area contributed by atoms with Crippen LogP contribution in [0.15, 0.2) is 36.4 Å². The van der Waals surface area contributed by atoms with Gasteiger partial charge < -0.3 is 4.74 Å². The number of para-hydroxylation sites is 1. The van der Waals surface area contributed by atoms with Crippen molar-refractivity contribution in [1.29, 1.82) is 0 Å². The summed E-state index contributed by atoms with van der Waals surface area (Å²) in [5, 5.41) is 0. The summed E-state index contributed by atoms with van der Waals surface area (Å²) in [6, 6.07) is 11.4. The Morgan fingerprint density at radius 1 is 1.33 bits per heavy atom. The molecule has 1 amide bonds. The maximum Gasteiger partial charge on any atom is 0.275 e. The van der Waals surface area contributed by atoms with Crippen LogP contribution < -0.4 is 16.0 Å². The van der Waals surface area contributed by atoms with Gasteiger partial charge in [0.1, 0.15) is 12.4 Å². The van der Waals surface area contributed by atoms with E-state index in [1.807, 2.05) is 30.3 Å². The van der Waals surface area contributed by atoms with Gasteiger partial charge in [0.05, 0.1) is 8.45 Å². The number of hydrazine groups is 1. The lowest BCUT2D eigenvalue weighted by Gasteiger charge is -2.06. The molecule has 1 aromatic carbocycles. The fourth-order valence-electron chi connectivity index (χ4n) is 1.36. The van der Waals surface area contributed by atoms with Crippen LogP contribution in [0.4, 0.5) is 0 Å². The molecule has 0 unspecified atom stereocenters. The summed E-state index contributed by atoms with van der Waals surface area (Å²) in [4.78, 5) is 12.8. The number of rotatable bonds is 4. The van der Waals surface area contributed by atoms with E-state index in [4.69, 9.17) is 10.6 Å². The van der Waals surface area contributed by atoms with Crippen molar-refractivity contribution in [3.8, 4) is 5.75 Å². The zero-order valence-electron chi connectivity index (χ0n) is 9.35. The van der Waals surface area contributed by atoms with Gasteiger partial charge in [-0.3, -0.25) is 10.2 Å². The van der Waals surface area contributed by atoms with Crippen LogP contribution >= 0.6 is 33.9 Å². The zero-order valence-corrected chi connectivity index (χ0v) is 12.3. The quantitative estimate of drug-likeness (QED) is 0.374. The molecule has 0 bridgehead atoms. The van der Waals surface area contributed by atoms with Crippen LogP contribution in [-0.2, 0) is 6.61 Å². The minimum atomic E-state index is -0.277. The Balaban J connectivity index is 2.01. The topological polar surface area (TPSA) is 64.3 Å². The minimum absolute atomic E-state index is 0.277. The molecule has 0 saturated carbocycles. The molecule has 0 atom stereocenters. The Hall–Kier alpha value is -1.12. The Kier molecular flexibility index (Phi) is 4.56. The van der Waals surface area contributed by atoms with Gasteiger partial charge in [-0.05, 0) is 46.9 Å². The van der Waals surface area contributed by atoms with Crippen molar-refractivity contribution in [1.82, 2.24) is 5.43 Å². The Bertz CT molecular complexity index is 557. The molecule has 1 heterocycles. The number of ether oxygens (including phenoxy) is 1. The third kappa shape index (κ3) is 3.21. The van der Waals surface area contributed by atoms with Crippen molar-refractivity contribution in [2.24, 2.45) is 5.84 Å². The maximum atomic E-state index is 11.3. The van der Waals surface area contributed by atoms with Gasteiger partial charge in [0.25, 0.3) is 5.91 Å². The van der Waals surface area contributed by atoms with E-state index in [1.165, 1.54) is 11.3 Å². The van der Waals surface area contributed by atoms with Crippen molar-refractivity contribution in [2.45, 2.75) is 6.61 Å². The average molecular weight is 374 g/mol. The normalized spacial score (nSPS) is 10.1. The van der Waals surface area contributed by atoms with E-state index in [1.54, 1.807) is 6.07 Å². The second kappa shape index (κ2) is 6.17. The summed E-state index contributed by atoms with van der Waals surface area (Å²) in [5.41, 5.74) is 2.11. The molecule has 0 aliphatic rings.